The molecule has 0 aliphatic rings. The van der Waals surface area contributed by atoms with Crippen molar-refractivity contribution in [2.75, 3.05) is 11.9 Å². The Hall–Kier alpha value is -3.53. The Labute approximate surface area is 151 Å². The number of anilines is 1. The van der Waals surface area contributed by atoms with Gasteiger partial charge in [0.15, 0.2) is 0 Å². The van der Waals surface area contributed by atoms with E-state index in [1.54, 1.807) is 0 Å². The Kier molecular flexibility index (Phi) is 4.15. The number of benzene rings is 3. The molecule has 0 bridgehead atoms. The molecule has 0 spiro atoms. The number of fused-ring (bicyclic) bond motifs is 1. The third-order valence-corrected chi connectivity index (χ3v) is 4.41. The minimum atomic E-state index is -0.873. The van der Waals surface area contributed by atoms with Gasteiger partial charge in [0.25, 0.3) is 0 Å². The first kappa shape index (κ1) is 16.0. The van der Waals surface area contributed by atoms with Crippen molar-refractivity contribution in [3.05, 3.63) is 85.1 Å². The van der Waals surface area contributed by atoms with Crippen LogP contribution in [0, 0.1) is 0 Å². The predicted octanol–water partition coefficient (Wildman–Crippen LogP) is 4.79. The van der Waals surface area contributed by atoms with Crippen LogP contribution in [0.1, 0.15) is 0 Å². The highest BCUT2D eigenvalue weighted by molar-refractivity contribution is 5.82. The van der Waals surface area contributed by atoms with Gasteiger partial charge in [-0.05, 0) is 52.9 Å². The summed E-state index contributed by atoms with van der Waals surface area (Å²) in [6, 6.07) is 26.6. The molecule has 1 heterocycles. The second-order valence-electron chi connectivity index (χ2n) is 6.12. The van der Waals surface area contributed by atoms with Gasteiger partial charge in [0, 0.05) is 17.6 Å². The number of carbonyl (C=O) groups is 1. The Morgan fingerprint density at radius 3 is 2.19 bits per heavy atom. The summed E-state index contributed by atoms with van der Waals surface area (Å²) in [6.07, 6.45) is 2.09. The molecule has 128 valence electrons. The molecule has 4 rings (SSSR count). The maximum Gasteiger partial charge on any atom is 0.322 e. The third-order valence-electron chi connectivity index (χ3n) is 4.41. The summed E-state index contributed by atoms with van der Waals surface area (Å²) >= 11 is 0. The Balaban J connectivity index is 1.57. The van der Waals surface area contributed by atoms with Crippen molar-refractivity contribution in [2.24, 2.45) is 0 Å². The van der Waals surface area contributed by atoms with Crippen LogP contribution in [0.2, 0.25) is 0 Å². The third kappa shape index (κ3) is 3.17. The molecule has 2 N–H and O–H groups in total. The lowest BCUT2D eigenvalue weighted by Crippen LogP contribution is -2.11. The largest absolute Gasteiger partial charge is 0.480 e. The van der Waals surface area contributed by atoms with Crippen molar-refractivity contribution in [2.45, 2.75) is 0 Å². The lowest BCUT2D eigenvalue weighted by atomic mass is 10.0. The molecule has 1 aromatic heterocycles. The Bertz CT molecular complexity index is 1050. The lowest BCUT2D eigenvalue weighted by Gasteiger charge is -2.09. The molecular weight excluding hydrogens is 324 g/mol. The van der Waals surface area contributed by atoms with Crippen LogP contribution in [0.15, 0.2) is 85.1 Å². The van der Waals surface area contributed by atoms with Gasteiger partial charge >= 0.3 is 5.97 Å². The Morgan fingerprint density at radius 2 is 1.50 bits per heavy atom. The van der Waals surface area contributed by atoms with Crippen LogP contribution in [0.4, 0.5) is 5.69 Å². The molecule has 0 aliphatic heterocycles. The molecule has 0 fully saturated rings. The van der Waals surface area contributed by atoms with Gasteiger partial charge in [-0.15, -0.1) is 0 Å². The van der Waals surface area contributed by atoms with Crippen LogP contribution in [0.5, 0.6) is 0 Å². The molecule has 0 saturated heterocycles. The average molecular weight is 342 g/mol. The fourth-order valence-corrected chi connectivity index (χ4v) is 3.08. The van der Waals surface area contributed by atoms with Crippen molar-refractivity contribution in [3.8, 4) is 16.8 Å². The highest BCUT2D eigenvalue weighted by Gasteiger charge is 2.04. The average Bonchev–Trinajstić information content (AvgIpc) is 3.11. The zero-order valence-corrected chi connectivity index (χ0v) is 14.1. The SMILES string of the molecule is O=C(O)CNc1ccc(-c2ccc(-n3ccc4ccccc43)cc2)cc1. The van der Waals surface area contributed by atoms with E-state index in [1.165, 1.54) is 10.9 Å². The van der Waals surface area contributed by atoms with E-state index in [9.17, 15) is 4.79 Å². The smallest absolute Gasteiger partial charge is 0.322 e. The van der Waals surface area contributed by atoms with Crippen LogP contribution in [0.3, 0.4) is 0 Å². The van der Waals surface area contributed by atoms with E-state index in [-0.39, 0.29) is 6.54 Å². The molecule has 4 aromatic rings. The van der Waals surface area contributed by atoms with Crippen molar-refractivity contribution < 1.29 is 9.90 Å². The number of hydrogen-bond donors (Lipinski definition) is 2. The van der Waals surface area contributed by atoms with Gasteiger partial charge in [0.05, 0.1) is 5.52 Å². The fourth-order valence-electron chi connectivity index (χ4n) is 3.08. The number of nitrogens with one attached hydrogen (secondary N) is 1. The minimum Gasteiger partial charge on any atom is -0.480 e. The molecule has 0 saturated carbocycles. The first-order chi connectivity index (χ1) is 12.7. The summed E-state index contributed by atoms with van der Waals surface area (Å²) in [7, 11) is 0. The van der Waals surface area contributed by atoms with E-state index >= 15 is 0 Å². The monoisotopic (exact) mass is 342 g/mol. The fraction of sp³-hybridized carbons (Fsp3) is 0.0455. The van der Waals surface area contributed by atoms with Crippen molar-refractivity contribution in [1.82, 2.24) is 4.57 Å². The second-order valence-corrected chi connectivity index (χ2v) is 6.12. The quantitative estimate of drug-likeness (QED) is 0.548. The molecule has 0 aliphatic carbocycles. The normalized spacial score (nSPS) is 10.8. The lowest BCUT2D eigenvalue weighted by molar-refractivity contribution is -0.134. The van der Waals surface area contributed by atoms with Crippen LogP contribution in [-0.2, 0) is 4.79 Å². The molecule has 0 amide bonds. The zero-order chi connectivity index (χ0) is 17.9. The number of carboxylic acids is 1. The number of rotatable bonds is 5. The highest BCUT2D eigenvalue weighted by Crippen LogP contribution is 2.25. The van der Waals surface area contributed by atoms with Gasteiger partial charge in [-0.3, -0.25) is 4.79 Å². The van der Waals surface area contributed by atoms with Gasteiger partial charge in [0.1, 0.15) is 6.54 Å². The first-order valence-electron chi connectivity index (χ1n) is 8.43. The summed E-state index contributed by atoms with van der Waals surface area (Å²) in [5.41, 5.74) is 5.32. The first-order valence-corrected chi connectivity index (χ1v) is 8.43. The van der Waals surface area contributed by atoms with Crippen molar-refractivity contribution in [1.29, 1.82) is 0 Å². The highest BCUT2D eigenvalue weighted by atomic mass is 16.4. The number of carboxylic acid groups (broad SMARTS) is 1. The van der Waals surface area contributed by atoms with Gasteiger partial charge in [-0.2, -0.15) is 0 Å². The Morgan fingerprint density at radius 1 is 0.846 bits per heavy atom. The maximum atomic E-state index is 10.6. The standard InChI is InChI=1S/C22H18N2O2/c25-22(26)15-23-19-9-5-16(6-10-19)17-7-11-20(12-8-17)24-14-13-18-3-1-2-4-21(18)24/h1-14,23H,15H2,(H,25,26). The van der Waals surface area contributed by atoms with Gasteiger partial charge in [-0.1, -0.05) is 42.5 Å². The summed E-state index contributed by atoms with van der Waals surface area (Å²) in [6.45, 7) is -0.0845. The van der Waals surface area contributed by atoms with Crippen LogP contribution >= 0.6 is 0 Å². The number of hydrogen-bond acceptors (Lipinski definition) is 2. The molecule has 0 radical (unpaired) electrons. The van der Waals surface area contributed by atoms with Gasteiger partial charge < -0.3 is 15.0 Å². The zero-order valence-electron chi connectivity index (χ0n) is 14.1. The number of nitrogens with zero attached hydrogens (tertiary/aromatic N) is 1. The topological polar surface area (TPSA) is 54.3 Å². The van der Waals surface area contributed by atoms with E-state index in [0.29, 0.717) is 0 Å². The molecule has 4 nitrogen and oxygen atoms in total. The number of para-hydroxylation sites is 1. The molecule has 3 aromatic carbocycles. The van der Waals surface area contributed by atoms with Crippen LogP contribution in [0.25, 0.3) is 27.7 Å². The molecular formula is C22H18N2O2. The van der Waals surface area contributed by atoms with Crippen LogP contribution < -0.4 is 5.32 Å². The maximum absolute atomic E-state index is 10.6. The van der Waals surface area contributed by atoms with Crippen molar-refractivity contribution in [3.63, 3.8) is 0 Å². The molecule has 26 heavy (non-hydrogen) atoms. The van der Waals surface area contributed by atoms with Crippen LogP contribution in [-0.4, -0.2) is 22.2 Å². The number of aromatic nitrogens is 1. The van der Waals surface area contributed by atoms with E-state index < -0.39 is 5.97 Å². The summed E-state index contributed by atoms with van der Waals surface area (Å²) in [5, 5.41) is 12.8. The molecule has 0 unspecified atom stereocenters. The summed E-state index contributed by atoms with van der Waals surface area (Å²) in [5.74, 6) is -0.873. The summed E-state index contributed by atoms with van der Waals surface area (Å²) < 4.78 is 2.18. The van der Waals surface area contributed by atoms with Gasteiger partial charge in [-0.25, -0.2) is 0 Å². The molecule has 4 heteroatoms. The van der Waals surface area contributed by atoms with E-state index in [0.717, 1.165) is 22.5 Å². The van der Waals surface area contributed by atoms with E-state index in [2.05, 4.69) is 58.5 Å². The van der Waals surface area contributed by atoms with Gasteiger partial charge in [0.2, 0.25) is 0 Å². The molecule has 0 atom stereocenters. The van der Waals surface area contributed by atoms with E-state index in [1.807, 2.05) is 36.4 Å². The number of aliphatic carboxylic acids is 1. The summed E-state index contributed by atoms with van der Waals surface area (Å²) in [4.78, 5) is 10.6. The predicted molar refractivity (Wildman–Crippen MR) is 105 cm³/mol. The van der Waals surface area contributed by atoms with E-state index in [4.69, 9.17) is 5.11 Å². The minimum absolute atomic E-state index is 0.0845. The van der Waals surface area contributed by atoms with Crippen molar-refractivity contribution >= 4 is 22.6 Å². The second kappa shape index (κ2) is 6.76.